The van der Waals surface area contributed by atoms with Crippen molar-refractivity contribution in [3.63, 3.8) is 0 Å². The Labute approximate surface area is 265 Å². The van der Waals surface area contributed by atoms with Crippen molar-refractivity contribution in [1.29, 1.82) is 0 Å². The molecule has 0 aliphatic heterocycles. The summed E-state index contributed by atoms with van der Waals surface area (Å²) in [5, 5.41) is 2.56. The average molecular weight is 592 g/mol. The second-order valence-corrected chi connectivity index (χ2v) is 12.4. The number of aromatic nitrogens is 5. The number of benzene rings is 6. The highest BCUT2D eigenvalue weighted by atomic mass is 15.1. The maximum atomic E-state index is 5.06. The number of nitrogens with zero attached hydrogens (tertiary/aromatic N) is 5. The Morgan fingerprint density at radius 1 is 0.522 bits per heavy atom. The first-order valence-corrected chi connectivity index (χ1v) is 15.8. The minimum atomic E-state index is 0.957. The molecule has 0 bridgehead atoms. The Morgan fingerprint density at radius 3 is 1.93 bits per heavy atom. The molecule has 10 rings (SSSR count). The van der Waals surface area contributed by atoms with Crippen molar-refractivity contribution < 1.29 is 0 Å². The number of para-hydroxylation sites is 4. The van der Waals surface area contributed by atoms with Crippen LogP contribution < -0.4 is 0 Å². The van der Waals surface area contributed by atoms with Crippen molar-refractivity contribution >= 4 is 43.9 Å². The van der Waals surface area contributed by atoms with Crippen LogP contribution in [0.3, 0.4) is 0 Å². The second kappa shape index (κ2) is 9.29. The number of rotatable bonds is 3. The molecule has 0 N–H and O–H groups in total. The molecule has 0 amide bonds. The molecular weight excluding hydrogens is 562 g/mol. The van der Waals surface area contributed by atoms with Gasteiger partial charge in [0.2, 0.25) is 0 Å². The summed E-state index contributed by atoms with van der Waals surface area (Å²) in [6, 6.07) is 45.9. The number of hydrogen-bond acceptors (Lipinski definition) is 2. The molecule has 9 aromatic rings. The fourth-order valence-electron chi connectivity index (χ4n) is 7.74. The summed E-state index contributed by atoms with van der Waals surface area (Å²) < 4.78 is 6.82. The summed E-state index contributed by atoms with van der Waals surface area (Å²) in [5.41, 5.74) is 15.4. The van der Waals surface area contributed by atoms with Crippen LogP contribution in [-0.4, -0.2) is 23.7 Å². The maximum Gasteiger partial charge on any atom is 0.140 e. The normalized spacial score (nSPS) is 12.5. The number of aryl methyl sites for hydroxylation is 2. The van der Waals surface area contributed by atoms with Crippen molar-refractivity contribution in [3.05, 3.63) is 139 Å². The highest BCUT2D eigenvalue weighted by Crippen LogP contribution is 2.46. The van der Waals surface area contributed by atoms with Gasteiger partial charge in [-0.3, -0.25) is 0 Å². The summed E-state index contributed by atoms with van der Waals surface area (Å²) in [7, 11) is 4.20. The molecular formula is C41H29N5. The molecule has 5 nitrogen and oxygen atoms in total. The van der Waals surface area contributed by atoms with Gasteiger partial charge in [0.15, 0.2) is 0 Å². The highest BCUT2D eigenvalue weighted by Gasteiger charge is 2.25. The van der Waals surface area contributed by atoms with Crippen molar-refractivity contribution in [1.82, 2.24) is 23.7 Å². The number of fused-ring (bicyclic) bond motifs is 9. The van der Waals surface area contributed by atoms with E-state index in [2.05, 4.69) is 149 Å². The standard InChI is InChI=1S/C41H29N5/c1-44-34-16-7-5-14-32(34)42-40(44)27-11-9-12-29(23-27)46-36-21-19-26-22-25-10-3-4-13-30(25)38(26)39(36)31-20-18-28(24-37(31)46)41-43-33-15-6-8-17-35(33)45(41)2/h3-21,23-24H,22H2,1-2H3. The third kappa shape index (κ3) is 3.45. The van der Waals surface area contributed by atoms with Crippen LogP contribution >= 0.6 is 0 Å². The molecule has 1 aliphatic rings. The zero-order valence-corrected chi connectivity index (χ0v) is 25.6. The Morgan fingerprint density at radius 2 is 1.20 bits per heavy atom. The number of imidazole rings is 2. The van der Waals surface area contributed by atoms with E-state index in [-0.39, 0.29) is 0 Å². The zero-order valence-electron chi connectivity index (χ0n) is 25.6. The third-order valence-corrected chi connectivity index (χ3v) is 9.88. The quantitative estimate of drug-likeness (QED) is 0.205. The van der Waals surface area contributed by atoms with Gasteiger partial charge in [-0.2, -0.15) is 0 Å². The van der Waals surface area contributed by atoms with Crippen molar-refractivity contribution in [2.45, 2.75) is 6.42 Å². The van der Waals surface area contributed by atoms with Crippen LogP contribution in [0.1, 0.15) is 11.1 Å². The summed E-state index contributed by atoms with van der Waals surface area (Å²) in [4.78, 5) is 10.1. The third-order valence-electron chi connectivity index (χ3n) is 9.88. The molecule has 0 atom stereocenters. The molecule has 3 heterocycles. The first-order valence-electron chi connectivity index (χ1n) is 15.8. The van der Waals surface area contributed by atoms with Gasteiger partial charge in [-0.1, -0.05) is 78.9 Å². The molecule has 3 aromatic heterocycles. The molecule has 46 heavy (non-hydrogen) atoms. The molecule has 0 spiro atoms. The topological polar surface area (TPSA) is 40.6 Å². The Balaban J connectivity index is 1.27. The Hall–Kier alpha value is -5.94. The van der Waals surface area contributed by atoms with Crippen molar-refractivity contribution in [2.75, 3.05) is 0 Å². The average Bonchev–Trinajstić information content (AvgIpc) is 3.83. The van der Waals surface area contributed by atoms with Gasteiger partial charge in [-0.05, 0) is 77.2 Å². The van der Waals surface area contributed by atoms with Gasteiger partial charge < -0.3 is 13.7 Å². The monoisotopic (exact) mass is 591 g/mol. The molecule has 0 saturated carbocycles. The molecule has 1 aliphatic carbocycles. The van der Waals surface area contributed by atoms with Gasteiger partial charge in [0.25, 0.3) is 0 Å². The predicted molar refractivity (Wildman–Crippen MR) is 188 cm³/mol. The van der Waals surface area contributed by atoms with Gasteiger partial charge in [-0.15, -0.1) is 0 Å². The summed E-state index contributed by atoms with van der Waals surface area (Å²) in [5.74, 6) is 1.92. The van der Waals surface area contributed by atoms with E-state index in [0.717, 1.165) is 57.0 Å². The second-order valence-electron chi connectivity index (χ2n) is 12.4. The van der Waals surface area contributed by atoms with Gasteiger partial charge in [0, 0.05) is 41.7 Å². The lowest BCUT2D eigenvalue weighted by atomic mass is 9.99. The van der Waals surface area contributed by atoms with Crippen LogP contribution in [0.5, 0.6) is 0 Å². The lowest BCUT2D eigenvalue weighted by Crippen LogP contribution is -1.98. The molecule has 0 unspecified atom stereocenters. The van der Waals surface area contributed by atoms with Crippen LogP contribution in [0, 0.1) is 0 Å². The van der Waals surface area contributed by atoms with Crippen LogP contribution in [0.4, 0.5) is 0 Å². The highest BCUT2D eigenvalue weighted by molar-refractivity contribution is 6.18. The zero-order chi connectivity index (χ0) is 30.5. The van der Waals surface area contributed by atoms with Crippen LogP contribution in [0.2, 0.25) is 0 Å². The summed E-state index contributed by atoms with van der Waals surface area (Å²) >= 11 is 0. The molecule has 0 saturated heterocycles. The van der Waals surface area contributed by atoms with Gasteiger partial charge in [-0.25, -0.2) is 9.97 Å². The van der Waals surface area contributed by atoms with Crippen LogP contribution in [0.25, 0.3) is 83.5 Å². The van der Waals surface area contributed by atoms with Crippen LogP contribution in [-0.2, 0) is 20.5 Å². The van der Waals surface area contributed by atoms with Crippen molar-refractivity contribution in [2.24, 2.45) is 14.1 Å². The molecule has 6 aromatic carbocycles. The van der Waals surface area contributed by atoms with E-state index in [1.165, 1.54) is 44.1 Å². The molecule has 218 valence electrons. The van der Waals surface area contributed by atoms with E-state index in [1.807, 2.05) is 6.07 Å². The molecule has 0 radical (unpaired) electrons. The summed E-state index contributed by atoms with van der Waals surface area (Å²) in [6.07, 6.45) is 0.967. The molecule has 0 fully saturated rings. The minimum absolute atomic E-state index is 0.957. The van der Waals surface area contributed by atoms with Gasteiger partial charge >= 0.3 is 0 Å². The van der Waals surface area contributed by atoms with Crippen LogP contribution in [0.15, 0.2) is 127 Å². The van der Waals surface area contributed by atoms with E-state index in [0.29, 0.717) is 0 Å². The first-order chi connectivity index (χ1) is 22.6. The lowest BCUT2D eigenvalue weighted by molar-refractivity contribution is 0.958. The van der Waals surface area contributed by atoms with Gasteiger partial charge in [0.1, 0.15) is 11.6 Å². The van der Waals surface area contributed by atoms with E-state index in [1.54, 1.807) is 0 Å². The van der Waals surface area contributed by atoms with E-state index >= 15 is 0 Å². The fraction of sp³-hybridized carbons (Fsp3) is 0.0732. The Kier molecular flexibility index (Phi) is 5.13. The fourth-order valence-corrected chi connectivity index (χ4v) is 7.74. The number of hydrogen-bond donors (Lipinski definition) is 0. The van der Waals surface area contributed by atoms with E-state index in [9.17, 15) is 0 Å². The lowest BCUT2D eigenvalue weighted by Gasteiger charge is -2.11. The minimum Gasteiger partial charge on any atom is -0.327 e. The molecule has 5 heteroatoms. The SMILES string of the molecule is Cn1c(-c2cccc(-n3c4cc(-c5nc6ccccc6n5C)ccc4c4c5c(ccc43)Cc3ccccc3-5)c2)nc2ccccc21. The smallest absolute Gasteiger partial charge is 0.140 e. The summed E-state index contributed by atoms with van der Waals surface area (Å²) in [6.45, 7) is 0. The van der Waals surface area contributed by atoms with Crippen molar-refractivity contribution in [3.8, 4) is 39.6 Å². The predicted octanol–water partition coefficient (Wildman–Crippen LogP) is 9.46. The largest absolute Gasteiger partial charge is 0.327 e. The maximum absolute atomic E-state index is 5.06. The van der Waals surface area contributed by atoms with Gasteiger partial charge in [0.05, 0.1) is 33.1 Å². The Bertz CT molecular complexity index is 2700. The van der Waals surface area contributed by atoms with E-state index < -0.39 is 0 Å². The van der Waals surface area contributed by atoms with E-state index in [4.69, 9.17) is 9.97 Å². The first kappa shape index (κ1) is 25.4.